The molecule has 286 valence electrons. The Balaban J connectivity index is 1.33. The molecule has 5 aromatic carbocycles. The van der Waals surface area contributed by atoms with Crippen LogP contribution in [0.4, 0.5) is 0 Å². The molecule has 4 atom stereocenters. The van der Waals surface area contributed by atoms with Crippen LogP contribution in [0, 0.1) is 23.2 Å². The molecular formula is C54H64O. The second-order valence-electron chi connectivity index (χ2n) is 18.4. The van der Waals surface area contributed by atoms with E-state index in [1.165, 1.54) is 130 Å². The van der Waals surface area contributed by atoms with Gasteiger partial charge in [0.15, 0.2) is 0 Å². The molecule has 0 spiro atoms. The van der Waals surface area contributed by atoms with Crippen LogP contribution in [-0.2, 0) is 23.0 Å². The van der Waals surface area contributed by atoms with Gasteiger partial charge in [-0.25, -0.2) is 0 Å². The first-order chi connectivity index (χ1) is 27.2. The molecule has 1 nitrogen and oxygen atoms in total. The van der Waals surface area contributed by atoms with E-state index in [1.54, 1.807) is 5.56 Å². The van der Waals surface area contributed by atoms with Gasteiger partial charge in [0, 0.05) is 10.8 Å². The van der Waals surface area contributed by atoms with E-state index in [4.69, 9.17) is 4.74 Å². The summed E-state index contributed by atoms with van der Waals surface area (Å²) in [5.41, 5.74) is 5.56. The van der Waals surface area contributed by atoms with Crippen molar-refractivity contribution in [3.63, 3.8) is 0 Å². The van der Waals surface area contributed by atoms with Crippen molar-refractivity contribution < 1.29 is 4.74 Å². The van der Waals surface area contributed by atoms with Crippen molar-refractivity contribution in [3.05, 3.63) is 156 Å². The Morgan fingerprint density at radius 2 is 1.13 bits per heavy atom. The number of fused-ring (bicyclic) bond motifs is 1. The molecule has 4 aliphatic rings. The Labute approximate surface area is 332 Å². The van der Waals surface area contributed by atoms with Gasteiger partial charge in [0.05, 0.1) is 11.7 Å². The van der Waals surface area contributed by atoms with Crippen LogP contribution >= 0.6 is 0 Å². The highest BCUT2D eigenvalue weighted by Gasteiger charge is 2.74. The van der Waals surface area contributed by atoms with E-state index in [-0.39, 0.29) is 22.5 Å². The molecule has 55 heavy (non-hydrogen) atoms. The molecule has 1 heteroatoms. The first-order valence-electron chi connectivity index (χ1n) is 22.5. The normalized spacial score (nSPS) is 27.5. The lowest BCUT2D eigenvalue weighted by atomic mass is 9.42. The van der Waals surface area contributed by atoms with Crippen molar-refractivity contribution >= 4 is 10.8 Å². The molecule has 0 aromatic heterocycles. The maximum atomic E-state index is 8.52. The maximum Gasteiger partial charge on any atom is 0.0938 e. The summed E-state index contributed by atoms with van der Waals surface area (Å²) >= 11 is 0. The molecule has 9 rings (SSSR count). The highest BCUT2D eigenvalue weighted by atomic mass is 16.5. The summed E-state index contributed by atoms with van der Waals surface area (Å²) in [6, 6.07) is 51.4. The minimum absolute atomic E-state index is 0.0115. The number of hydrogen-bond acceptors (Lipinski definition) is 1. The Kier molecular flexibility index (Phi) is 11.0. The van der Waals surface area contributed by atoms with Gasteiger partial charge in [0.1, 0.15) is 0 Å². The summed E-state index contributed by atoms with van der Waals surface area (Å²) in [7, 11) is 0. The van der Waals surface area contributed by atoms with E-state index < -0.39 is 0 Å². The van der Waals surface area contributed by atoms with Crippen molar-refractivity contribution in [3.8, 4) is 0 Å². The van der Waals surface area contributed by atoms with Crippen LogP contribution in [-0.4, -0.2) is 5.60 Å². The van der Waals surface area contributed by atoms with Crippen molar-refractivity contribution in [2.75, 3.05) is 0 Å². The van der Waals surface area contributed by atoms with E-state index in [0.29, 0.717) is 5.92 Å². The highest BCUT2D eigenvalue weighted by molar-refractivity contribution is 5.87. The van der Waals surface area contributed by atoms with Crippen molar-refractivity contribution in [2.45, 2.75) is 139 Å². The lowest BCUT2D eigenvalue weighted by Crippen LogP contribution is -2.59. The van der Waals surface area contributed by atoms with Gasteiger partial charge in [0.2, 0.25) is 0 Å². The average Bonchev–Trinajstić information content (AvgIpc) is 3.83. The molecule has 0 N–H and O–H groups in total. The van der Waals surface area contributed by atoms with Crippen molar-refractivity contribution in [1.82, 2.24) is 0 Å². The molecule has 0 amide bonds. The Morgan fingerprint density at radius 3 is 1.84 bits per heavy atom. The lowest BCUT2D eigenvalue weighted by Gasteiger charge is -2.58. The predicted octanol–water partition coefficient (Wildman–Crippen LogP) is 14.6. The highest BCUT2D eigenvalue weighted by Crippen LogP contribution is 2.75. The van der Waals surface area contributed by atoms with E-state index >= 15 is 0 Å². The van der Waals surface area contributed by atoms with E-state index in [2.05, 4.69) is 133 Å². The fourth-order valence-corrected chi connectivity index (χ4v) is 12.8. The van der Waals surface area contributed by atoms with Crippen molar-refractivity contribution in [2.24, 2.45) is 23.2 Å². The number of benzene rings is 5. The smallest absolute Gasteiger partial charge is 0.0938 e. The Morgan fingerprint density at radius 1 is 0.509 bits per heavy atom. The minimum atomic E-state index is -0.217. The third kappa shape index (κ3) is 7.14. The van der Waals surface area contributed by atoms with Crippen LogP contribution in [0.2, 0.25) is 0 Å². The number of aryl methyl sites for hydroxylation is 2. The van der Waals surface area contributed by atoms with Gasteiger partial charge in [-0.1, -0.05) is 191 Å². The second-order valence-corrected chi connectivity index (χ2v) is 18.4. The van der Waals surface area contributed by atoms with Crippen LogP contribution in [0.5, 0.6) is 0 Å². The van der Waals surface area contributed by atoms with E-state index in [0.717, 1.165) is 31.1 Å². The summed E-state index contributed by atoms with van der Waals surface area (Å²) in [4.78, 5) is 0. The molecule has 0 radical (unpaired) electrons. The summed E-state index contributed by atoms with van der Waals surface area (Å²) in [5.74, 6) is 2.17. The molecule has 4 fully saturated rings. The summed E-state index contributed by atoms with van der Waals surface area (Å²) < 4.78 is 8.52. The Bertz CT molecular complexity index is 1950. The van der Waals surface area contributed by atoms with Gasteiger partial charge < -0.3 is 4.74 Å². The van der Waals surface area contributed by atoms with Gasteiger partial charge in [-0.3, -0.25) is 0 Å². The Hall–Kier alpha value is -3.68. The van der Waals surface area contributed by atoms with Gasteiger partial charge in [-0.15, -0.1) is 0 Å². The van der Waals surface area contributed by atoms with Crippen LogP contribution in [0.25, 0.3) is 10.8 Å². The maximum absolute atomic E-state index is 8.52. The standard InChI is InChI=1S/C54H64O/c1-5-19-42(20-6-1)25-18-38-53(41-45-34-35-45)52(40-37-44-23-13-14-24-44,39-36-43-21-7-2-8-22-43)54(48-30-11-4-12-31-48,51(55-53)47-27-9-3-10-28-47)50-33-17-29-46-26-15-16-32-49(46)50/h1-3,5-10,15-17,19-22,26-29,32-33,44-45,48,51H,4,11-14,18,23-25,30-31,34-41H2. The second kappa shape index (κ2) is 16.4. The number of rotatable bonds is 15. The zero-order valence-corrected chi connectivity index (χ0v) is 33.4. The zero-order chi connectivity index (χ0) is 37.0. The first kappa shape index (κ1) is 36.9. The summed E-state index contributed by atoms with van der Waals surface area (Å²) in [5, 5.41) is 2.86. The third-order valence-corrected chi connectivity index (χ3v) is 15.3. The fraction of sp³-hybridized carbons (Fsp3) is 0.481. The number of hydrogen-bond donors (Lipinski definition) is 0. The van der Waals surface area contributed by atoms with Gasteiger partial charge in [0.25, 0.3) is 0 Å². The van der Waals surface area contributed by atoms with Crippen LogP contribution < -0.4 is 0 Å². The summed E-state index contributed by atoms with van der Waals surface area (Å²) in [6.07, 6.45) is 24.6. The molecular weight excluding hydrogens is 665 g/mol. The van der Waals surface area contributed by atoms with Crippen LogP contribution in [0.3, 0.4) is 0 Å². The summed E-state index contributed by atoms with van der Waals surface area (Å²) in [6.45, 7) is 0. The molecule has 5 aromatic rings. The van der Waals surface area contributed by atoms with Crippen LogP contribution in [0.15, 0.2) is 133 Å². The fourth-order valence-electron chi connectivity index (χ4n) is 12.8. The molecule has 1 aliphatic heterocycles. The largest absolute Gasteiger partial charge is 0.365 e. The van der Waals surface area contributed by atoms with Crippen LogP contribution in [0.1, 0.15) is 138 Å². The minimum Gasteiger partial charge on any atom is -0.365 e. The monoisotopic (exact) mass is 728 g/mol. The van der Waals surface area contributed by atoms with Gasteiger partial charge in [-0.2, -0.15) is 0 Å². The molecule has 1 saturated heterocycles. The van der Waals surface area contributed by atoms with Crippen molar-refractivity contribution in [1.29, 1.82) is 0 Å². The average molecular weight is 729 g/mol. The molecule has 4 unspecified atom stereocenters. The molecule has 0 bridgehead atoms. The predicted molar refractivity (Wildman–Crippen MR) is 230 cm³/mol. The first-order valence-corrected chi connectivity index (χ1v) is 22.5. The zero-order valence-electron chi connectivity index (χ0n) is 33.4. The van der Waals surface area contributed by atoms with Gasteiger partial charge >= 0.3 is 0 Å². The molecule has 3 aliphatic carbocycles. The lowest BCUT2D eigenvalue weighted by molar-refractivity contribution is -0.114. The quantitative estimate of drug-likeness (QED) is 0.104. The van der Waals surface area contributed by atoms with E-state index in [9.17, 15) is 0 Å². The topological polar surface area (TPSA) is 9.23 Å². The molecule has 1 heterocycles. The molecule has 3 saturated carbocycles. The number of ether oxygens (including phenoxy) is 1. The SMILES string of the molecule is c1ccc(CCCC2(CC3CC3)OC(c3ccccc3)C(c3cccc4ccccc34)(C3CCCCC3)C2(CCc2ccccc2)CCC2CCCC2)cc1. The van der Waals surface area contributed by atoms with E-state index in [1.807, 2.05) is 0 Å². The van der Waals surface area contributed by atoms with Gasteiger partial charge in [-0.05, 0) is 115 Å². The third-order valence-electron chi connectivity index (χ3n) is 15.3.